The summed E-state index contributed by atoms with van der Waals surface area (Å²) in [6, 6.07) is 18.4. The Morgan fingerprint density at radius 2 is 1.53 bits per heavy atom. The van der Waals surface area contributed by atoms with Crippen molar-refractivity contribution < 1.29 is 14.4 Å². The van der Waals surface area contributed by atoms with E-state index in [1.54, 1.807) is 66.7 Å². The third kappa shape index (κ3) is 5.25. The second-order valence-corrected chi connectivity index (χ2v) is 9.15. The lowest BCUT2D eigenvalue weighted by molar-refractivity contribution is -0.133. The number of amides is 3. The summed E-state index contributed by atoms with van der Waals surface area (Å²) < 4.78 is 2.07. The zero-order valence-electron chi connectivity index (χ0n) is 17.7. The molecule has 3 aromatic carbocycles. The Balaban J connectivity index is 1.62. The summed E-state index contributed by atoms with van der Waals surface area (Å²) in [5.41, 5.74) is 4.93. The summed E-state index contributed by atoms with van der Waals surface area (Å²) >= 11 is 15.4. The Bertz CT molecular complexity index is 1430. The molecule has 0 saturated carbocycles. The molecule has 0 fully saturated rings. The number of aromatic nitrogens is 1. The van der Waals surface area contributed by atoms with Crippen LogP contribution in [0.25, 0.3) is 10.9 Å². The lowest BCUT2D eigenvalue weighted by atomic mass is 10.2. The van der Waals surface area contributed by atoms with Crippen molar-refractivity contribution in [2.45, 2.75) is 6.92 Å². The molecule has 10 heteroatoms. The molecule has 7 nitrogen and oxygen atoms in total. The van der Waals surface area contributed by atoms with Gasteiger partial charge in [-0.15, -0.1) is 0 Å². The number of aryl methyl sites for hydroxylation is 1. The monoisotopic (exact) mass is 558 g/mol. The van der Waals surface area contributed by atoms with Gasteiger partial charge >= 0.3 is 11.8 Å². The Hall–Kier alpha value is -3.33. The molecular weight excluding hydrogens is 543 g/mol. The van der Waals surface area contributed by atoms with Crippen molar-refractivity contribution >= 4 is 79.1 Å². The topological polar surface area (TPSA) is 92.2 Å². The van der Waals surface area contributed by atoms with Gasteiger partial charge in [0.05, 0.1) is 5.52 Å². The van der Waals surface area contributed by atoms with Crippen LogP contribution >= 0.6 is 39.1 Å². The second-order valence-electron chi connectivity index (χ2n) is 7.39. The number of benzene rings is 3. The van der Waals surface area contributed by atoms with Crippen LogP contribution in [0.4, 0.5) is 11.4 Å². The number of fused-ring (bicyclic) bond motifs is 1. The maximum Gasteiger partial charge on any atom is 0.328 e. The molecule has 0 saturated heterocycles. The van der Waals surface area contributed by atoms with Gasteiger partial charge in [0, 0.05) is 31.3 Å². The van der Waals surface area contributed by atoms with Crippen LogP contribution < -0.4 is 16.1 Å². The highest BCUT2D eigenvalue weighted by Crippen LogP contribution is 2.25. The molecule has 1 heterocycles. The molecular formula is C24H17BrCl2N4O3. The molecule has 1 aromatic heterocycles. The van der Waals surface area contributed by atoms with Gasteiger partial charge in [-0.1, -0.05) is 45.2 Å². The summed E-state index contributed by atoms with van der Waals surface area (Å²) in [5, 5.41) is 6.95. The molecule has 0 aliphatic heterocycles. The fraction of sp³-hybridized carbons (Fsp3) is 0.0417. The number of nitrogens with zero attached hydrogens (tertiary/aromatic N) is 1. The molecule has 0 bridgehead atoms. The lowest BCUT2D eigenvalue weighted by Gasteiger charge is -2.13. The molecule has 4 rings (SSSR count). The maximum absolute atomic E-state index is 13.1. The normalized spacial score (nSPS) is 10.7. The molecule has 4 aromatic rings. The van der Waals surface area contributed by atoms with Gasteiger partial charge < -0.3 is 10.6 Å². The third-order valence-corrected chi connectivity index (χ3v) is 6.10. The van der Waals surface area contributed by atoms with E-state index in [-0.39, 0.29) is 5.69 Å². The number of rotatable bonds is 4. The molecule has 172 valence electrons. The SMILES string of the molecule is Cc1ccc(NC(=O)c2cc3cc(Br)ccc3n2NC(=O)C(=O)Nc2ccc(Cl)cc2)cc1Cl. The molecule has 0 aliphatic rings. The van der Waals surface area contributed by atoms with Crippen LogP contribution in [0.3, 0.4) is 0 Å². The van der Waals surface area contributed by atoms with Crippen LogP contribution in [0, 0.1) is 6.92 Å². The summed E-state index contributed by atoms with van der Waals surface area (Å²) in [4.78, 5) is 38.3. The van der Waals surface area contributed by atoms with E-state index in [2.05, 4.69) is 32.0 Å². The Morgan fingerprint density at radius 1 is 0.824 bits per heavy atom. The maximum atomic E-state index is 13.1. The van der Waals surface area contributed by atoms with Crippen molar-refractivity contribution in [2.75, 3.05) is 16.1 Å². The highest BCUT2D eigenvalue weighted by Gasteiger charge is 2.21. The highest BCUT2D eigenvalue weighted by atomic mass is 79.9. The summed E-state index contributed by atoms with van der Waals surface area (Å²) in [6.07, 6.45) is 0. The Labute approximate surface area is 213 Å². The predicted molar refractivity (Wildman–Crippen MR) is 138 cm³/mol. The number of anilines is 2. The van der Waals surface area contributed by atoms with Crippen LogP contribution in [0.15, 0.2) is 71.2 Å². The molecule has 0 atom stereocenters. The molecule has 3 amide bonds. The van der Waals surface area contributed by atoms with Crippen LogP contribution in [0.1, 0.15) is 16.1 Å². The number of hydrogen-bond donors (Lipinski definition) is 3. The van der Waals surface area contributed by atoms with E-state index < -0.39 is 17.7 Å². The van der Waals surface area contributed by atoms with Gasteiger partial charge in [-0.2, -0.15) is 0 Å². The van der Waals surface area contributed by atoms with E-state index in [4.69, 9.17) is 23.2 Å². The van der Waals surface area contributed by atoms with E-state index in [0.29, 0.717) is 32.3 Å². The number of hydrogen-bond acceptors (Lipinski definition) is 3. The van der Waals surface area contributed by atoms with Crippen LogP contribution in [0.2, 0.25) is 10.0 Å². The van der Waals surface area contributed by atoms with Gasteiger partial charge in [0.1, 0.15) is 5.69 Å². The van der Waals surface area contributed by atoms with Crippen molar-refractivity contribution in [3.05, 3.63) is 92.5 Å². The van der Waals surface area contributed by atoms with Crippen LogP contribution in [-0.4, -0.2) is 22.4 Å². The second kappa shape index (κ2) is 9.89. The number of carbonyl (C=O) groups is 3. The first kappa shape index (κ1) is 23.8. The standard InChI is InChI=1S/C24H17BrCl2N4O3/c1-13-2-6-18(12-19(13)27)29-22(32)21-11-14-10-15(25)3-9-20(14)31(21)30-24(34)23(33)28-17-7-4-16(26)5-8-17/h2-12H,1H3,(H,28,33)(H,29,32)(H,30,34). The van der Waals surface area contributed by atoms with Crippen molar-refractivity contribution in [3.8, 4) is 0 Å². The molecule has 0 radical (unpaired) electrons. The van der Waals surface area contributed by atoms with E-state index >= 15 is 0 Å². The molecule has 3 N–H and O–H groups in total. The fourth-order valence-electron chi connectivity index (χ4n) is 3.21. The first-order valence-electron chi connectivity index (χ1n) is 9.97. The smallest absolute Gasteiger partial charge is 0.321 e. The van der Waals surface area contributed by atoms with E-state index in [1.165, 1.54) is 4.68 Å². The van der Waals surface area contributed by atoms with E-state index in [0.717, 1.165) is 10.0 Å². The first-order valence-corrected chi connectivity index (χ1v) is 11.5. The molecule has 0 spiro atoms. The Kier molecular flexibility index (Phi) is 6.92. The van der Waals surface area contributed by atoms with Gasteiger partial charge in [-0.05, 0) is 73.2 Å². The highest BCUT2D eigenvalue weighted by molar-refractivity contribution is 9.10. The Morgan fingerprint density at radius 3 is 2.24 bits per heavy atom. The number of nitrogens with one attached hydrogen (secondary N) is 3. The fourth-order valence-corrected chi connectivity index (χ4v) is 3.90. The lowest BCUT2D eigenvalue weighted by Crippen LogP contribution is -2.36. The largest absolute Gasteiger partial charge is 0.328 e. The molecule has 34 heavy (non-hydrogen) atoms. The third-order valence-electron chi connectivity index (χ3n) is 4.95. The van der Waals surface area contributed by atoms with E-state index in [1.807, 2.05) is 6.92 Å². The zero-order chi connectivity index (χ0) is 24.4. The van der Waals surface area contributed by atoms with Crippen molar-refractivity contribution in [2.24, 2.45) is 0 Å². The van der Waals surface area contributed by atoms with Gasteiger partial charge in [0.25, 0.3) is 5.91 Å². The minimum absolute atomic E-state index is 0.123. The zero-order valence-corrected chi connectivity index (χ0v) is 20.8. The summed E-state index contributed by atoms with van der Waals surface area (Å²) in [5.74, 6) is -2.36. The number of carbonyl (C=O) groups excluding carboxylic acids is 3. The van der Waals surface area contributed by atoms with Crippen molar-refractivity contribution in [1.29, 1.82) is 0 Å². The van der Waals surface area contributed by atoms with Gasteiger partial charge in [0.2, 0.25) is 0 Å². The average molecular weight is 560 g/mol. The van der Waals surface area contributed by atoms with Crippen molar-refractivity contribution in [1.82, 2.24) is 4.68 Å². The van der Waals surface area contributed by atoms with Gasteiger partial charge in [0.15, 0.2) is 0 Å². The molecule has 0 aliphatic carbocycles. The van der Waals surface area contributed by atoms with E-state index in [9.17, 15) is 14.4 Å². The van der Waals surface area contributed by atoms with Gasteiger partial charge in [-0.25, -0.2) is 4.68 Å². The quantitative estimate of drug-likeness (QED) is 0.268. The average Bonchev–Trinajstić information content (AvgIpc) is 3.15. The minimum atomic E-state index is -0.956. The van der Waals surface area contributed by atoms with Crippen LogP contribution in [0.5, 0.6) is 0 Å². The minimum Gasteiger partial charge on any atom is -0.321 e. The van der Waals surface area contributed by atoms with Crippen molar-refractivity contribution in [3.63, 3.8) is 0 Å². The summed E-state index contributed by atoms with van der Waals surface area (Å²) in [7, 11) is 0. The molecule has 0 unspecified atom stereocenters. The van der Waals surface area contributed by atoms with Gasteiger partial charge in [-0.3, -0.25) is 19.8 Å². The predicted octanol–water partition coefficient (Wildman–Crippen LogP) is 5.98. The first-order chi connectivity index (χ1) is 16.2. The van der Waals surface area contributed by atoms with Crippen LogP contribution in [-0.2, 0) is 9.59 Å². The number of halogens is 3. The summed E-state index contributed by atoms with van der Waals surface area (Å²) in [6.45, 7) is 1.86.